The number of rotatable bonds is 9. The summed E-state index contributed by atoms with van der Waals surface area (Å²) in [6.07, 6.45) is 1.32. The van der Waals surface area contributed by atoms with Gasteiger partial charge in [-0.1, -0.05) is 23.7 Å². The maximum Gasteiger partial charge on any atom is 0.341 e. The van der Waals surface area contributed by atoms with Gasteiger partial charge in [-0.25, -0.2) is 4.79 Å². The Morgan fingerprint density at radius 3 is 2.70 bits per heavy atom. The van der Waals surface area contributed by atoms with Crippen LogP contribution in [0.1, 0.15) is 23.1 Å². The Bertz CT molecular complexity index is 1100. The highest BCUT2D eigenvalue weighted by Gasteiger charge is 2.16. The van der Waals surface area contributed by atoms with Gasteiger partial charge >= 0.3 is 5.97 Å². The third kappa shape index (κ3) is 5.31. The van der Waals surface area contributed by atoms with Crippen molar-refractivity contribution in [3.05, 3.63) is 58.1 Å². The Kier molecular flexibility index (Phi) is 7.36. The van der Waals surface area contributed by atoms with Crippen molar-refractivity contribution in [1.82, 2.24) is 0 Å². The van der Waals surface area contributed by atoms with E-state index in [1.165, 1.54) is 15.6 Å². The minimum Gasteiger partial charge on any atom is -0.755 e. The number of fused-ring (bicyclic) bond motifs is 1. The van der Waals surface area contributed by atoms with Gasteiger partial charge in [0.25, 0.3) is 0 Å². The molecule has 0 spiro atoms. The fraction of sp³-hybridized carbons (Fsp3) is 0.286. The number of hydrogen-bond donors (Lipinski definition) is 1. The zero-order valence-corrected chi connectivity index (χ0v) is 18.9. The molecule has 0 aliphatic heterocycles. The van der Waals surface area contributed by atoms with Gasteiger partial charge in [-0.05, 0) is 73.0 Å². The Morgan fingerprint density at radius 2 is 2.03 bits per heavy atom. The molecule has 1 atom stereocenters. The smallest absolute Gasteiger partial charge is 0.341 e. The molecule has 0 fully saturated rings. The lowest BCUT2D eigenvalue weighted by Gasteiger charge is -2.25. The molecular formula is C21H21ClNO5S2-. The number of anilines is 1. The van der Waals surface area contributed by atoms with E-state index in [2.05, 4.69) is 0 Å². The van der Waals surface area contributed by atoms with Crippen LogP contribution < -0.4 is 9.04 Å². The number of carboxylic acid groups (broad SMARTS) is 1. The van der Waals surface area contributed by atoms with Gasteiger partial charge in [-0.3, -0.25) is 8.51 Å². The molecule has 0 amide bonds. The number of aryl methyl sites for hydroxylation is 3. The number of ether oxygens (including phenoxy) is 1. The molecule has 3 aromatic rings. The summed E-state index contributed by atoms with van der Waals surface area (Å²) in [6, 6.07) is 11.1. The Labute approximate surface area is 186 Å². The van der Waals surface area contributed by atoms with Crippen molar-refractivity contribution in [2.24, 2.45) is 0 Å². The number of thiophene rings is 1. The third-order valence-corrected chi connectivity index (χ3v) is 7.07. The van der Waals surface area contributed by atoms with Crippen LogP contribution in [0.2, 0.25) is 5.02 Å². The lowest BCUT2D eigenvalue weighted by atomic mass is 10.1. The van der Waals surface area contributed by atoms with Crippen LogP contribution in [0.25, 0.3) is 10.1 Å². The van der Waals surface area contributed by atoms with Crippen LogP contribution >= 0.6 is 22.9 Å². The van der Waals surface area contributed by atoms with Crippen LogP contribution in [-0.2, 0) is 22.5 Å². The van der Waals surface area contributed by atoms with Crippen LogP contribution in [0.4, 0.5) is 5.00 Å². The van der Waals surface area contributed by atoms with Crippen LogP contribution in [0.5, 0.6) is 5.75 Å². The summed E-state index contributed by atoms with van der Waals surface area (Å²) in [4.78, 5) is 10.6. The Hall–Kier alpha value is -2.13. The Balaban J connectivity index is 1.69. The molecule has 1 heterocycles. The van der Waals surface area contributed by atoms with Gasteiger partial charge in [0.15, 0.2) is 6.61 Å². The first kappa shape index (κ1) is 22.6. The van der Waals surface area contributed by atoms with E-state index >= 15 is 0 Å². The predicted molar refractivity (Wildman–Crippen MR) is 120 cm³/mol. The lowest BCUT2D eigenvalue weighted by Crippen LogP contribution is -2.26. The number of aliphatic carboxylic acids is 1. The van der Waals surface area contributed by atoms with E-state index in [0.29, 0.717) is 35.2 Å². The number of benzene rings is 2. The van der Waals surface area contributed by atoms with Crippen LogP contribution in [0.15, 0.2) is 36.4 Å². The number of nitrogens with zero attached hydrogens (tertiary/aromatic N) is 1. The molecule has 0 aliphatic rings. The van der Waals surface area contributed by atoms with E-state index in [0.717, 1.165) is 26.8 Å². The molecule has 1 unspecified atom stereocenters. The zero-order chi connectivity index (χ0) is 21.8. The summed E-state index contributed by atoms with van der Waals surface area (Å²) in [5.41, 5.74) is 2.78. The monoisotopic (exact) mass is 466 g/mol. The molecule has 2 aromatic carbocycles. The molecule has 1 N–H and O–H groups in total. The Morgan fingerprint density at radius 1 is 1.27 bits per heavy atom. The average Bonchev–Trinajstić information content (AvgIpc) is 3.00. The SMILES string of the molecule is Cc1cc(CCCN(c2sc3ccc(Cl)cc3c2C)S(=O)[O-])ccc1OCC(=O)O. The summed E-state index contributed by atoms with van der Waals surface area (Å²) < 4.78 is 31.4. The van der Waals surface area contributed by atoms with Gasteiger partial charge in [0, 0.05) is 27.5 Å². The second kappa shape index (κ2) is 9.78. The molecule has 0 aliphatic carbocycles. The highest BCUT2D eigenvalue weighted by atomic mass is 35.5. The molecule has 3 rings (SSSR count). The van der Waals surface area contributed by atoms with Gasteiger partial charge in [0.2, 0.25) is 0 Å². The van der Waals surface area contributed by atoms with Crippen molar-refractivity contribution in [2.45, 2.75) is 26.7 Å². The predicted octanol–water partition coefficient (Wildman–Crippen LogP) is 4.87. The van der Waals surface area contributed by atoms with E-state index in [4.69, 9.17) is 21.4 Å². The number of halogens is 1. The van der Waals surface area contributed by atoms with E-state index in [1.54, 1.807) is 12.1 Å². The number of carbonyl (C=O) groups is 1. The number of hydrogen-bond acceptors (Lipinski definition) is 5. The fourth-order valence-electron chi connectivity index (χ4n) is 3.26. The standard InChI is InChI=1S/C21H22ClNO5S2/c1-13-10-15(5-7-18(13)28-12-20(24)25)4-3-9-23(30(26)27)21-14(2)17-11-16(22)6-8-19(17)29-21/h5-8,10-11H,3-4,9,12H2,1-2H3,(H,24,25)(H,26,27)/p-1. The molecular weight excluding hydrogens is 446 g/mol. The lowest BCUT2D eigenvalue weighted by molar-refractivity contribution is -0.139. The molecule has 6 nitrogen and oxygen atoms in total. The number of carboxylic acids is 1. The first-order valence-electron chi connectivity index (χ1n) is 9.26. The summed E-state index contributed by atoms with van der Waals surface area (Å²) in [7, 11) is 0. The molecule has 0 saturated carbocycles. The van der Waals surface area contributed by atoms with E-state index < -0.39 is 17.2 Å². The van der Waals surface area contributed by atoms with Crippen molar-refractivity contribution < 1.29 is 23.4 Å². The fourth-order valence-corrected chi connectivity index (χ4v) is 5.40. The van der Waals surface area contributed by atoms with Crippen molar-refractivity contribution in [3.63, 3.8) is 0 Å². The molecule has 9 heteroatoms. The van der Waals surface area contributed by atoms with Gasteiger partial charge in [0.05, 0.1) is 0 Å². The third-order valence-electron chi connectivity index (χ3n) is 4.70. The van der Waals surface area contributed by atoms with Gasteiger partial charge in [-0.2, -0.15) is 0 Å². The van der Waals surface area contributed by atoms with Crippen LogP contribution in [-0.4, -0.2) is 33.0 Å². The highest BCUT2D eigenvalue weighted by molar-refractivity contribution is 7.81. The van der Waals surface area contributed by atoms with Crippen LogP contribution in [0.3, 0.4) is 0 Å². The summed E-state index contributed by atoms with van der Waals surface area (Å²) in [5, 5.41) is 11.0. The van der Waals surface area contributed by atoms with E-state index in [1.807, 2.05) is 38.1 Å². The molecule has 1 aromatic heterocycles. The summed E-state index contributed by atoms with van der Waals surface area (Å²) in [5.74, 6) is -0.494. The first-order valence-corrected chi connectivity index (χ1v) is 11.5. The molecule has 160 valence electrons. The minimum atomic E-state index is -2.38. The van der Waals surface area contributed by atoms with E-state index in [-0.39, 0.29) is 6.61 Å². The quantitative estimate of drug-likeness (QED) is 0.454. The summed E-state index contributed by atoms with van der Waals surface area (Å²) in [6.45, 7) is 3.73. The molecule has 0 bridgehead atoms. The van der Waals surface area contributed by atoms with Gasteiger partial charge in [-0.15, -0.1) is 11.3 Å². The van der Waals surface area contributed by atoms with Crippen molar-refractivity contribution in [3.8, 4) is 5.75 Å². The van der Waals surface area contributed by atoms with Crippen molar-refractivity contribution in [2.75, 3.05) is 17.5 Å². The molecule has 30 heavy (non-hydrogen) atoms. The maximum atomic E-state index is 11.9. The summed E-state index contributed by atoms with van der Waals surface area (Å²) >= 11 is 5.14. The maximum absolute atomic E-state index is 11.9. The van der Waals surface area contributed by atoms with Crippen molar-refractivity contribution >= 4 is 55.3 Å². The minimum absolute atomic E-state index is 0.355. The highest BCUT2D eigenvalue weighted by Crippen LogP contribution is 2.39. The second-order valence-electron chi connectivity index (χ2n) is 6.88. The van der Waals surface area contributed by atoms with E-state index in [9.17, 15) is 13.6 Å². The van der Waals surface area contributed by atoms with Crippen LogP contribution in [0, 0.1) is 13.8 Å². The zero-order valence-electron chi connectivity index (χ0n) is 16.5. The average molecular weight is 467 g/mol. The van der Waals surface area contributed by atoms with Crippen molar-refractivity contribution in [1.29, 1.82) is 0 Å². The largest absolute Gasteiger partial charge is 0.755 e. The molecule has 0 radical (unpaired) electrons. The van der Waals surface area contributed by atoms with Gasteiger partial charge < -0.3 is 14.4 Å². The second-order valence-corrected chi connectivity index (χ2v) is 9.22. The van der Waals surface area contributed by atoms with Gasteiger partial charge in [0.1, 0.15) is 10.8 Å². The normalized spacial score (nSPS) is 12.1. The first-order chi connectivity index (χ1) is 14.3. The topological polar surface area (TPSA) is 89.9 Å². The molecule has 0 saturated heterocycles.